The van der Waals surface area contributed by atoms with Crippen molar-refractivity contribution in [1.29, 1.82) is 0 Å². The monoisotopic (exact) mass is 835 g/mol. The molecule has 2 aliphatic rings. The predicted molar refractivity (Wildman–Crippen MR) is 276 cm³/mol. The van der Waals surface area contributed by atoms with E-state index in [0.717, 1.165) is 28.3 Å². The van der Waals surface area contributed by atoms with Crippen LogP contribution in [0.1, 0.15) is 55.5 Å². The van der Waals surface area contributed by atoms with Gasteiger partial charge in [-0.25, -0.2) is 0 Å². The van der Waals surface area contributed by atoms with Gasteiger partial charge in [0.2, 0.25) is 0 Å². The Morgan fingerprint density at radius 1 is 0.446 bits per heavy atom. The SMILES string of the molecule is C=Cc1cc2c3cc(-c4ccc5c(c4)C(C)(C)c4cc(-c6ccccc6)ccc4N5c4ccc(-c5ccccc5)cc4)ccc3n(-c3ccccc3)c2c2c1Nc1ccccc1C2(C)C. The normalized spacial score (nSPS) is 14.2. The van der Waals surface area contributed by atoms with Gasteiger partial charge in [-0.15, -0.1) is 0 Å². The molecular weight excluding hydrogens is 787 g/mol. The minimum atomic E-state index is -0.299. The molecule has 0 saturated carbocycles. The van der Waals surface area contributed by atoms with E-state index in [1.54, 1.807) is 0 Å². The van der Waals surface area contributed by atoms with Gasteiger partial charge in [0.25, 0.3) is 0 Å². The number of hydrogen-bond acceptors (Lipinski definition) is 2. The van der Waals surface area contributed by atoms with E-state index in [4.69, 9.17) is 0 Å². The first kappa shape index (κ1) is 38.8. The Balaban J connectivity index is 1.06. The van der Waals surface area contributed by atoms with Crippen LogP contribution in [0.3, 0.4) is 0 Å². The van der Waals surface area contributed by atoms with Crippen molar-refractivity contribution in [2.45, 2.75) is 38.5 Å². The largest absolute Gasteiger partial charge is 0.354 e. The summed E-state index contributed by atoms with van der Waals surface area (Å²) in [5.41, 5.74) is 22.3. The summed E-state index contributed by atoms with van der Waals surface area (Å²) in [5, 5.41) is 6.30. The summed E-state index contributed by atoms with van der Waals surface area (Å²) >= 11 is 0. The summed E-state index contributed by atoms with van der Waals surface area (Å²) in [6, 6.07) is 73.6. The minimum Gasteiger partial charge on any atom is -0.354 e. The zero-order valence-electron chi connectivity index (χ0n) is 37.2. The number of hydrogen-bond donors (Lipinski definition) is 1. The van der Waals surface area contributed by atoms with Gasteiger partial charge in [0.15, 0.2) is 0 Å². The number of aromatic nitrogens is 1. The fourth-order valence-electron chi connectivity index (χ4n) is 11.0. The van der Waals surface area contributed by atoms with Crippen LogP contribution in [0.15, 0.2) is 207 Å². The van der Waals surface area contributed by atoms with Crippen molar-refractivity contribution in [1.82, 2.24) is 4.57 Å². The lowest BCUT2D eigenvalue weighted by Crippen LogP contribution is -2.30. The Hall–Kier alpha value is -7.88. The number of anilines is 5. The van der Waals surface area contributed by atoms with E-state index in [-0.39, 0.29) is 10.8 Å². The van der Waals surface area contributed by atoms with E-state index in [0.29, 0.717) is 0 Å². The molecule has 3 heteroatoms. The van der Waals surface area contributed by atoms with Crippen LogP contribution < -0.4 is 10.2 Å². The topological polar surface area (TPSA) is 20.2 Å². The maximum absolute atomic E-state index is 4.35. The van der Waals surface area contributed by atoms with Crippen LogP contribution in [-0.2, 0) is 10.8 Å². The van der Waals surface area contributed by atoms with Crippen molar-refractivity contribution in [3.8, 4) is 39.1 Å². The van der Waals surface area contributed by atoms with E-state index in [2.05, 4.69) is 249 Å². The second-order valence-electron chi connectivity index (χ2n) is 18.7. The highest BCUT2D eigenvalue weighted by Crippen LogP contribution is 2.55. The molecule has 9 aromatic carbocycles. The van der Waals surface area contributed by atoms with Gasteiger partial charge < -0.3 is 14.8 Å². The van der Waals surface area contributed by atoms with E-state index in [1.165, 1.54) is 88.8 Å². The molecule has 1 N–H and O–H groups in total. The third kappa shape index (κ3) is 5.96. The highest BCUT2D eigenvalue weighted by atomic mass is 15.2. The van der Waals surface area contributed by atoms with Gasteiger partial charge in [0.05, 0.1) is 28.1 Å². The van der Waals surface area contributed by atoms with Crippen molar-refractivity contribution in [3.63, 3.8) is 0 Å². The second kappa shape index (κ2) is 14.6. The average molecular weight is 836 g/mol. The van der Waals surface area contributed by atoms with Gasteiger partial charge in [-0.05, 0) is 128 Å². The average Bonchev–Trinajstić information content (AvgIpc) is 3.67. The Labute approximate surface area is 381 Å². The second-order valence-corrected chi connectivity index (χ2v) is 18.7. The molecule has 0 spiro atoms. The third-order valence-corrected chi connectivity index (χ3v) is 14.3. The summed E-state index contributed by atoms with van der Waals surface area (Å²) in [4.78, 5) is 2.47. The first-order valence-electron chi connectivity index (χ1n) is 22.7. The highest BCUT2D eigenvalue weighted by molar-refractivity contribution is 6.15. The zero-order valence-corrected chi connectivity index (χ0v) is 37.2. The smallest absolute Gasteiger partial charge is 0.0603 e. The molecule has 0 bridgehead atoms. The molecular formula is C62H49N3. The van der Waals surface area contributed by atoms with E-state index in [1.807, 2.05) is 6.08 Å². The van der Waals surface area contributed by atoms with Gasteiger partial charge >= 0.3 is 0 Å². The van der Waals surface area contributed by atoms with Crippen LogP contribution in [0, 0.1) is 0 Å². The van der Waals surface area contributed by atoms with Crippen molar-refractivity contribution >= 4 is 56.3 Å². The molecule has 0 atom stereocenters. The first-order chi connectivity index (χ1) is 31.7. The molecule has 10 aromatic rings. The molecule has 312 valence electrons. The third-order valence-electron chi connectivity index (χ3n) is 14.3. The van der Waals surface area contributed by atoms with Crippen LogP contribution in [0.4, 0.5) is 28.4 Å². The van der Waals surface area contributed by atoms with Crippen molar-refractivity contribution in [3.05, 3.63) is 235 Å². The molecule has 3 nitrogen and oxygen atoms in total. The van der Waals surface area contributed by atoms with Gasteiger partial charge in [0.1, 0.15) is 0 Å². The molecule has 0 fully saturated rings. The van der Waals surface area contributed by atoms with Crippen LogP contribution in [0.2, 0.25) is 0 Å². The molecule has 0 radical (unpaired) electrons. The standard InChI is InChI=1S/C62H49N3/c1-6-40-36-50-49-37-44(28-33-55(49)65(47-22-14-9-15-23-47)60(50)58-59(40)63-54-25-17-16-24-51(54)62(58,4)5)46-30-35-57-53(39-46)61(2,3)52-38-45(42-20-12-8-13-21-42)29-34-56(52)64(57)48-31-26-43(27-32-48)41-18-10-7-11-19-41/h6-39,63H,1H2,2-5H3. The highest BCUT2D eigenvalue weighted by Gasteiger charge is 2.39. The molecule has 12 rings (SSSR count). The number of rotatable bonds is 6. The quantitative estimate of drug-likeness (QED) is 0.180. The van der Waals surface area contributed by atoms with Gasteiger partial charge in [-0.2, -0.15) is 0 Å². The van der Waals surface area contributed by atoms with Gasteiger partial charge in [-0.3, -0.25) is 0 Å². The van der Waals surface area contributed by atoms with E-state index < -0.39 is 0 Å². The number of fused-ring (bicyclic) bond motifs is 8. The molecule has 0 aliphatic carbocycles. The maximum atomic E-state index is 4.35. The summed E-state index contributed by atoms with van der Waals surface area (Å²) < 4.78 is 2.48. The van der Waals surface area contributed by atoms with Crippen molar-refractivity contribution < 1.29 is 0 Å². The molecule has 0 amide bonds. The lowest BCUT2D eigenvalue weighted by molar-refractivity contribution is 0.632. The molecule has 0 unspecified atom stereocenters. The van der Waals surface area contributed by atoms with E-state index in [9.17, 15) is 0 Å². The summed E-state index contributed by atoms with van der Waals surface area (Å²) in [6.07, 6.45) is 2.01. The summed E-state index contributed by atoms with van der Waals surface area (Å²) in [6.45, 7) is 13.9. The van der Waals surface area contributed by atoms with E-state index >= 15 is 0 Å². The lowest BCUT2D eigenvalue weighted by Gasteiger charge is -2.42. The Morgan fingerprint density at radius 2 is 0.969 bits per heavy atom. The zero-order chi connectivity index (χ0) is 44.0. The van der Waals surface area contributed by atoms with Crippen molar-refractivity contribution in [2.24, 2.45) is 0 Å². The fourth-order valence-corrected chi connectivity index (χ4v) is 11.0. The Morgan fingerprint density at radius 3 is 1.62 bits per heavy atom. The summed E-state index contributed by atoms with van der Waals surface area (Å²) in [7, 11) is 0. The van der Waals surface area contributed by atoms with Crippen LogP contribution in [-0.4, -0.2) is 4.57 Å². The Bertz CT molecular complexity index is 3500. The summed E-state index contributed by atoms with van der Waals surface area (Å²) in [5.74, 6) is 0. The predicted octanol–water partition coefficient (Wildman–Crippen LogP) is 16.9. The lowest BCUT2D eigenvalue weighted by atomic mass is 9.72. The van der Waals surface area contributed by atoms with Crippen molar-refractivity contribution in [2.75, 3.05) is 10.2 Å². The minimum absolute atomic E-state index is 0.285. The number of benzene rings is 9. The first-order valence-corrected chi connectivity index (χ1v) is 22.7. The Kier molecular flexibility index (Phi) is 8.70. The molecule has 3 heterocycles. The number of nitrogens with zero attached hydrogens (tertiary/aromatic N) is 2. The van der Waals surface area contributed by atoms with Gasteiger partial charge in [0, 0.05) is 44.2 Å². The number of nitrogens with one attached hydrogen (secondary N) is 1. The van der Waals surface area contributed by atoms with Crippen LogP contribution >= 0.6 is 0 Å². The molecule has 2 aliphatic heterocycles. The van der Waals surface area contributed by atoms with Gasteiger partial charge in [-0.1, -0.05) is 168 Å². The number of para-hydroxylation sites is 2. The van der Waals surface area contributed by atoms with Crippen LogP contribution in [0.5, 0.6) is 0 Å². The molecule has 1 aromatic heterocycles. The molecule has 65 heavy (non-hydrogen) atoms. The fraction of sp³-hybridized carbons (Fsp3) is 0.0968. The van der Waals surface area contributed by atoms with Crippen LogP contribution in [0.25, 0.3) is 66.9 Å². The maximum Gasteiger partial charge on any atom is 0.0603 e. The molecule has 0 saturated heterocycles.